The first-order chi connectivity index (χ1) is 15.6. The van der Waals surface area contributed by atoms with Crippen molar-refractivity contribution in [2.75, 3.05) is 0 Å². The molecule has 7 nitrogen and oxygen atoms in total. The molecule has 5 rings (SSSR count). The number of carbonyl (C=O) groups is 4. The van der Waals surface area contributed by atoms with Gasteiger partial charge in [-0.05, 0) is 30.0 Å². The van der Waals surface area contributed by atoms with Crippen LogP contribution in [0.2, 0.25) is 0 Å². The molecule has 2 atom stereocenters. The average molecular weight is 431 g/mol. The van der Waals surface area contributed by atoms with Crippen molar-refractivity contribution in [3.63, 3.8) is 0 Å². The molecule has 3 aliphatic rings. The lowest BCUT2D eigenvalue weighted by molar-refractivity contribution is -0.147. The van der Waals surface area contributed by atoms with E-state index in [0.717, 1.165) is 37.7 Å². The second-order valence-corrected chi connectivity index (χ2v) is 8.72. The first-order valence-electron chi connectivity index (χ1n) is 11.2. The molecule has 1 saturated carbocycles. The van der Waals surface area contributed by atoms with Crippen LogP contribution in [0.5, 0.6) is 0 Å². The molecule has 1 N–H and O–H groups in total. The summed E-state index contributed by atoms with van der Waals surface area (Å²) in [4.78, 5) is 55.5. The molecule has 5 amide bonds. The zero-order valence-corrected chi connectivity index (χ0v) is 17.7. The average Bonchev–Trinajstić information content (AvgIpc) is 3.07. The number of amides is 5. The zero-order chi connectivity index (χ0) is 22.2. The Morgan fingerprint density at radius 1 is 0.844 bits per heavy atom. The molecule has 1 aliphatic carbocycles. The summed E-state index contributed by atoms with van der Waals surface area (Å²) >= 11 is 0. The first-order valence-corrected chi connectivity index (χ1v) is 11.2. The molecule has 2 aromatic rings. The molecule has 0 bridgehead atoms. The Morgan fingerprint density at radius 3 is 2.28 bits per heavy atom. The number of nitrogens with zero attached hydrogens (tertiary/aromatic N) is 2. The lowest BCUT2D eigenvalue weighted by Crippen LogP contribution is -2.63. The zero-order valence-electron chi connectivity index (χ0n) is 17.7. The molecular formula is C25H25N3O4. The number of urea groups is 1. The van der Waals surface area contributed by atoms with E-state index in [0.29, 0.717) is 11.1 Å². The van der Waals surface area contributed by atoms with Crippen molar-refractivity contribution in [3.05, 3.63) is 71.3 Å². The van der Waals surface area contributed by atoms with E-state index in [9.17, 15) is 19.2 Å². The summed E-state index contributed by atoms with van der Waals surface area (Å²) < 4.78 is 0. The normalized spacial score (nSPS) is 24.0. The van der Waals surface area contributed by atoms with Gasteiger partial charge in [-0.2, -0.15) is 0 Å². The van der Waals surface area contributed by atoms with Gasteiger partial charge in [0.1, 0.15) is 5.92 Å². The third-order valence-corrected chi connectivity index (χ3v) is 6.79. The predicted molar refractivity (Wildman–Crippen MR) is 116 cm³/mol. The van der Waals surface area contributed by atoms with Crippen LogP contribution in [-0.4, -0.2) is 39.6 Å². The summed E-state index contributed by atoms with van der Waals surface area (Å²) in [6, 6.07) is 15.0. The SMILES string of the molecule is O=C1NC(=O)N(C2CCCCC2)C(=O)[C@H]1[C@H]1c2ccccc2C(=O)N1Cc1ccccc1. The van der Waals surface area contributed by atoms with E-state index in [4.69, 9.17) is 0 Å². The number of carbonyl (C=O) groups excluding carboxylic acids is 4. The van der Waals surface area contributed by atoms with Crippen LogP contribution in [0.3, 0.4) is 0 Å². The van der Waals surface area contributed by atoms with E-state index < -0.39 is 29.8 Å². The minimum Gasteiger partial charge on any atom is -0.326 e. The molecule has 2 aliphatic heterocycles. The Hall–Kier alpha value is -3.48. The highest BCUT2D eigenvalue weighted by atomic mass is 16.2. The number of fused-ring (bicyclic) bond motifs is 1. The molecular weight excluding hydrogens is 406 g/mol. The van der Waals surface area contributed by atoms with Gasteiger partial charge in [-0.1, -0.05) is 67.8 Å². The summed E-state index contributed by atoms with van der Waals surface area (Å²) in [5.74, 6) is -2.51. The van der Waals surface area contributed by atoms with Crippen LogP contribution < -0.4 is 5.32 Å². The van der Waals surface area contributed by atoms with Gasteiger partial charge >= 0.3 is 6.03 Å². The maximum atomic E-state index is 13.7. The topological polar surface area (TPSA) is 86.8 Å². The largest absolute Gasteiger partial charge is 0.331 e. The number of nitrogens with one attached hydrogen (secondary N) is 1. The van der Waals surface area contributed by atoms with E-state index >= 15 is 0 Å². The highest BCUT2D eigenvalue weighted by Gasteiger charge is 2.53. The van der Waals surface area contributed by atoms with Gasteiger partial charge in [0.25, 0.3) is 5.91 Å². The van der Waals surface area contributed by atoms with Crippen LogP contribution in [-0.2, 0) is 16.1 Å². The Morgan fingerprint density at radius 2 is 1.53 bits per heavy atom. The fourth-order valence-corrected chi connectivity index (χ4v) is 5.28. The molecule has 0 spiro atoms. The van der Waals surface area contributed by atoms with E-state index in [1.54, 1.807) is 29.2 Å². The molecule has 7 heteroatoms. The highest BCUT2D eigenvalue weighted by Crippen LogP contribution is 2.42. The third kappa shape index (κ3) is 3.38. The van der Waals surface area contributed by atoms with Gasteiger partial charge in [-0.3, -0.25) is 24.6 Å². The number of barbiturate groups is 1. The highest BCUT2D eigenvalue weighted by molar-refractivity contribution is 6.17. The van der Waals surface area contributed by atoms with Crippen LogP contribution in [0, 0.1) is 5.92 Å². The number of hydrogen-bond donors (Lipinski definition) is 1. The van der Waals surface area contributed by atoms with Gasteiger partial charge in [-0.25, -0.2) is 4.79 Å². The molecule has 164 valence electrons. The van der Waals surface area contributed by atoms with Gasteiger partial charge in [0.2, 0.25) is 11.8 Å². The smallest absolute Gasteiger partial charge is 0.326 e. The number of imide groups is 2. The van der Waals surface area contributed by atoms with E-state index in [-0.39, 0.29) is 18.5 Å². The fraction of sp³-hybridized carbons (Fsp3) is 0.360. The lowest BCUT2D eigenvalue weighted by atomic mass is 9.87. The van der Waals surface area contributed by atoms with Gasteiger partial charge in [-0.15, -0.1) is 0 Å². The third-order valence-electron chi connectivity index (χ3n) is 6.79. The van der Waals surface area contributed by atoms with E-state index in [1.807, 2.05) is 30.3 Å². The molecule has 2 aromatic carbocycles. The van der Waals surface area contributed by atoms with Gasteiger partial charge < -0.3 is 4.90 Å². The van der Waals surface area contributed by atoms with Crippen molar-refractivity contribution < 1.29 is 19.2 Å². The van der Waals surface area contributed by atoms with Crippen LogP contribution in [0.15, 0.2) is 54.6 Å². The monoisotopic (exact) mass is 431 g/mol. The summed E-state index contributed by atoms with van der Waals surface area (Å²) in [5.41, 5.74) is 2.05. The van der Waals surface area contributed by atoms with Gasteiger partial charge in [0.05, 0.1) is 6.04 Å². The minimum absolute atomic E-state index is 0.207. The molecule has 32 heavy (non-hydrogen) atoms. The Labute approximate surface area is 186 Å². The van der Waals surface area contributed by atoms with Gasteiger partial charge in [0.15, 0.2) is 0 Å². The van der Waals surface area contributed by atoms with Crippen molar-refractivity contribution in [1.29, 1.82) is 0 Å². The predicted octanol–water partition coefficient (Wildman–Crippen LogP) is 3.41. The Balaban J connectivity index is 1.54. The second kappa shape index (κ2) is 8.22. The Bertz CT molecular complexity index is 1080. The van der Waals surface area contributed by atoms with Crippen LogP contribution in [0.4, 0.5) is 4.79 Å². The van der Waals surface area contributed by atoms with Crippen molar-refractivity contribution in [3.8, 4) is 0 Å². The molecule has 0 unspecified atom stereocenters. The maximum Gasteiger partial charge on any atom is 0.331 e. The fourth-order valence-electron chi connectivity index (χ4n) is 5.28. The molecule has 1 saturated heterocycles. The van der Waals surface area contributed by atoms with Gasteiger partial charge in [0, 0.05) is 18.2 Å². The number of benzene rings is 2. The second-order valence-electron chi connectivity index (χ2n) is 8.72. The summed E-state index contributed by atoms with van der Waals surface area (Å²) in [5, 5.41) is 2.40. The quantitative estimate of drug-likeness (QED) is 0.752. The summed E-state index contributed by atoms with van der Waals surface area (Å²) in [7, 11) is 0. The molecule has 2 heterocycles. The molecule has 2 fully saturated rings. The van der Waals surface area contributed by atoms with Crippen LogP contribution in [0.1, 0.15) is 59.6 Å². The van der Waals surface area contributed by atoms with Crippen molar-refractivity contribution in [1.82, 2.24) is 15.1 Å². The van der Waals surface area contributed by atoms with E-state index in [2.05, 4.69) is 5.32 Å². The molecule has 0 radical (unpaired) electrons. The lowest BCUT2D eigenvalue weighted by Gasteiger charge is -2.40. The standard InChI is InChI=1S/C25H25N3O4/c29-22-20(24(31)28(25(32)26-22)17-11-5-2-6-12-17)21-18-13-7-8-14-19(18)23(30)27(21)15-16-9-3-1-4-10-16/h1,3-4,7-10,13-14,17,20-21H,2,5-6,11-12,15H2,(H,26,29,32)/t20-,21+/m0/s1. The van der Waals surface area contributed by atoms with Crippen LogP contribution in [0.25, 0.3) is 0 Å². The number of rotatable bonds is 4. The minimum atomic E-state index is -1.16. The van der Waals surface area contributed by atoms with Crippen molar-refractivity contribution in [2.45, 2.75) is 50.7 Å². The van der Waals surface area contributed by atoms with Crippen molar-refractivity contribution in [2.24, 2.45) is 5.92 Å². The van der Waals surface area contributed by atoms with Crippen molar-refractivity contribution >= 4 is 23.8 Å². The Kier molecular flexibility index (Phi) is 5.25. The summed E-state index contributed by atoms with van der Waals surface area (Å²) in [6.45, 7) is 0.271. The van der Waals surface area contributed by atoms with Crippen LogP contribution >= 0.6 is 0 Å². The first kappa shape index (κ1) is 20.4. The molecule has 0 aromatic heterocycles. The summed E-state index contributed by atoms with van der Waals surface area (Å²) in [6.07, 6.45) is 4.47. The van der Waals surface area contributed by atoms with E-state index in [1.165, 1.54) is 4.90 Å². The number of hydrogen-bond acceptors (Lipinski definition) is 4. The maximum absolute atomic E-state index is 13.7.